The molecule has 0 aliphatic carbocycles. The van der Waals surface area contributed by atoms with Gasteiger partial charge < -0.3 is 10.2 Å². The van der Waals surface area contributed by atoms with Crippen LogP contribution in [0.15, 0.2) is 69.3 Å². The van der Waals surface area contributed by atoms with Crippen molar-refractivity contribution in [2.75, 3.05) is 0 Å². The minimum Gasteiger partial charge on any atom is -0.467 e. The van der Waals surface area contributed by atoms with E-state index in [0.717, 1.165) is 17.8 Å². The standard InChI is InChI=1S/C20H13Cl2N5O4S/c21-12-4-5-14(15(22)9-12)19-24-25-20(26(19)10-13-2-1-7-31-13)32-17-6-3-11(18(23)28)8-16(17)27(29)30/h1-9H,10H2,(H2,23,28). The van der Waals surface area contributed by atoms with Gasteiger partial charge in [-0.2, -0.15) is 0 Å². The van der Waals surface area contributed by atoms with Gasteiger partial charge >= 0.3 is 0 Å². The van der Waals surface area contributed by atoms with Gasteiger partial charge in [-0.05, 0) is 54.2 Å². The summed E-state index contributed by atoms with van der Waals surface area (Å²) in [6.07, 6.45) is 1.54. The SMILES string of the molecule is NC(=O)c1ccc(Sc2nnc(-c3ccc(Cl)cc3Cl)n2Cc2ccco2)c([N+](=O)[O-])c1. The Hall–Kier alpha value is -3.34. The number of carbonyl (C=O) groups is 1. The number of amides is 1. The fraction of sp³-hybridized carbons (Fsp3) is 0.0500. The van der Waals surface area contributed by atoms with Crippen molar-refractivity contribution in [3.63, 3.8) is 0 Å². The summed E-state index contributed by atoms with van der Waals surface area (Å²) in [7, 11) is 0. The van der Waals surface area contributed by atoms with E-state index >= 15 is 0 Å². The molecule has 12 heteroatoms. The predicted octanol–water partition coefficient (Wildman–Crippen LogP) is 5.05. The lowest BCUT2D eigenvalue weighted by Crippen LogP contribution is -2.11. The number of primary amides is 1. The number of furan rings is 1. The van der Waals surface area contributed by atoms with Crippen molar-refractivity contribution >= 4 is 46.6 Å². The van der Waals surface area contributed by atoms with Gasteiger partial charge in [0.15, 0.2) is 11.0 Å². The molecule has 0 aliphatic heterocycles. The van der Waals surface area contributed by atoms with Gasteiger partial charge in [0.25, 0.3) is 5.69 Å². The summed E-state index contributed by atoms with van der Waals surface area (Å²) in [5.74, 6) is 0.295. The number of carbonyl (C=O) groups excluding carboxylic acids is 1. The van der Waals surface area contributed by atoms with E-state index in [-0.39, 0.29) is 22.7 Å². The van der Waals surface area contributed by atoms with E-state index < -0.39 is 10.8 Å². The molecule has 4 aromatic rings. The molecular formula is C20H13Cl2N5O4S. The number of aromatic nitrogens is 3. The minimum atomic E-state index is -0.759. The van der Waals surface area contributed by atoms with Gasteiger partial charge in [0, 0.05) is 22.2 Å². The normalized spacial score (nSPS) is 10.9. The van der Waals surface area contributed by atoms with Crippen LogP contribution in [0.2, 0.25) is 10.0 Å². The van der Waals surface area contributed by atoms with Crippen molar-refractivity contribution < 1.29 is 14.1 Å². The summed E-state index contributed by atoms with van der Waals surface area (Å²) < 4.78 is 7.18. The maximum atomic E-state index is 11.6. The minimum absolute atomic E-state index is 0.0340. The van der Waals surface area contributed by atoms with Crippen LogP contribution in [0.4, 0.5) is 5.69 Å². The number of nitrogens with two attached hydrogens (primary N) is 1. The number of hydrogen-bond donors (Lipinski definition) is 1. The third-order valence-electron chi connectivity index (χ3n) is 4.42. The summed E-state index contributed by atoms with van der Waals surface area (Å²) in [5, 5.41) is 21.3. The molecular weight excluding hydrogens is 477 g/mol. The van der Waals surface area contributed by atoms with Crippen LogP contribution >= 0.6 is 35.0 Å². The Bertz CT molecular complexity index is 1320. The Balaban J connectivity index is 1.80. The van der Waals surface area contributed by atoms with Gasteiger partial charge in [-0.25, -0.2) is 0 Å². The smallest absolute Gasteiger partial charge is 0.284 e. The summed E-state index contributed by atoms with van der Waals surface area (Å²) in [4.78, 5) is 22.7. The zero-order valence-electron chi connectivity index (χ0n) is 16.1. The Morgan fingerprint density at radius 2 is 2.00 bits per heavy atom. The van der Waals surface area contributed by atoms with Crippen molar-refractivity contribution in [3.05, 3.63) is 86.3 Å². The largest absolute Gasteiger partial charge is 0.467 e. The van der Waals surface area contributed by atoms with Crippen LogP contribution in [0.5, 0.6) is 0 Å². The van der Waals surface area contributed by atoms with Crippen LogP contribution in [0.1, 0.15) is 16.1 Å². The van der Waals surface area contributed by atoms with E-state index in [2.05, 4.69) is 10.2 Å². The van der Waals surface area contributed by atoms with Crippen LogP contribution < -0.4 is 5.73 Å². The third kappa shape index (κ3) is 4.47. The van der Waals surface area contributed by atoms with E-state index in [9.17, 15) is 14.9 Å². The Kier molecular flexibility index (Phi) is 6.17. The van der Waals surface area contributed by atoms with Crippen LogP contribution in [0, 0.1) is 10.1 Å². The highest BCUT2D eigenvalue weighted by Crippen LogP contribution is 2.37. The molecule has 0 radical (unpaired) electrons. The first-order chi connectivity index (χ1) is 15.3. The molecule has 2 aromatic carbocycles. The molecule has 4 rings (SSSR count). The molecule has 0 bridgehead atoms. The zero-order valence-corrected chi connectivity index (χ0v) is 18.4. The fourth-order valence-corrected chi connectivity index (χ4v) is 4.34. The lowest BCUT2D eigenvalue weighted by Gasteiger charge is -2.10. The van der Waals surface area contributed by atoms with Gasteiger partial charge in [0.2, 0.25) is 5.91 Å². The maximum Gasteiger partial charge on any atom is 0.284 e. The number of nitrogens with zero attached hydrogens (tertiary/aromatic N) is 4. The monoisotopic (exact) mass is 489 g/mol. The van der Waals surface area contributed by atoms with Gasteiger partial charge in [-0.15, -0.1) is 10.2 Å². The molecule has 1 amide bonds. The summed E-state index contributed by atoms with van der Waals surface area (Å²) in [5.41, 5.74) is 5.60. The molecule has 162 valence electrons. The van der Waals surface area contributed by atoms with Gasteiger partial charge in [0.05, 0.1) is 27.6 Å². The molecule has 32 heavy (non-hydrogen) atoms. The Morgan fingerprint density at radius 3 is 2.66 bits per heavy atom. The molecule has 0 saturated carbocycles. The first-order valence-electron chi connectivity index (χ1n) is 9.00. The van der Waals surface area contributed by atoms with Crippen LogP contribution in [-0.4, -0.2) is 25.6 Å². The average Bonchev–Trinajstić information content (AvgIpc) is 3.39. The highest BCUT2D eigenvalue weighted by molar-refractivity contribution is 7.99. The summed E-state index contributed by atoms with van der Waals surface area (Å²) in [6.45, 7) is 0.254. The first-order valence-corrected chi connectivity index (χ1v) is 10.6. The number of hydrogen-bond acceptors (Lipinski definition) is 7. The van der Waals surface area contributed by atoms with Crippen molar-refractivity contribution in [3.8, 4) is 11.4 Å². The molecule has 9 nitrogen and oxygen atoms in total. The molecule has 0 aliphatic rings. The second-order valence-corrected chi connectivity index (χ2v) is 8.35. The molecule has 0 atom stereocenters. The van der Waals surface area contributed by atoms with E-state index in [1.165, 1.54) is 18.4 Å². The van der Waals surface area contributed by atoms with Crippen molar-refractivity contribution in [1.82, 2.24) is 14.8 Å². The number of nitro groups is 1. The molecule has 2 N–H and O–H groups in total. The quantitative estimate of drug-likeness (QED) is 0.283. The van der Waals surface area contributed by atoms with Crippen LogP contribution in [-0.2, 0) is 6.54 Å². The first kappa shape index (κ1) is 21.9. The molecule has 2 heterocycles. The second kappa shape index (κ2) is 9.03. The predicted molar refractivity (Wildman–Crippen MR) is 119 cm³/mol. The van der Waals surface area contributed by atoms with Crippen molar-refractivity contribution in [2.45, 2.75) is 16.6 Å². The molecule has 0 saturated heterocycles. The molecule has 0 spiro atoms. The maximum absolute atomic E-state index is 11.6. The van der Waals surface area contributed by atoms with Crippen molar-refractivity contribution in [1.29, 1.82) is 0 Å². The lowest BCUT2D eigenvalue weighted by atomic mass is 10.2. The van der Waals surface area contributed by atoms with Crippen molar-refractivity contribution in [2.24, 2.45) is 5.73 Å². The van der Waals surface area contributed by atoms with Gasteiger partial charge in [-0.3, -0.25) is 19.5 Å². The molecule has 2 aromatic heterocycles. The van der Waals surface area contributed by atoms with Crippen LogP contribution in [0.25, 0.3) is 11.4 Å². The molecule has 0 fully saturated rings. The average molecular weight is 490 g/mol. The summed E-state index contributed by atoms with van der Waals surface area (Å²) >= 11 is 13.4. The number of rotatable bonds is 7. The van der Waals surface area contributed by atoms with E-state index in [1.54, 1.807) is 34.9 Å². The fourth-order valence-electron chi connectivity index (χ4n) is 2.93. The number of benzene rings is 2. The van der Waals surface area contributed by atoms with E-state index in [0.29, 0.717) is 32.3 Å². The van der Waals surface area contributed by atoms with Gasteiger partial charge in [-0.1, -0.05) is 23.2 Å². The lowest BCUT2D eigenvalue weighted by molar-refractivity contribution is -0.387. The summed E-state index contributed by atoms with van der Waals surface area (Å²) in [6, 6.07) is 12.5. The van der Waals surface area contributed by atoms with Gasteiger partial charge in [0.1, 0.15) is 5.76 Å². The highest BCUT2D eigenvalue weighted by Gasteiger charge is 2.23. The second-order valence-electron chi connectivity index (χ2n) is 6.50. The Labute approximate surface area is 195 Å². The number of nitro benzene ring substituents is 1. The van der Waals surface area contributed by atoms with E-state index in [4.69, 9.17) is 33.4 Å². The number of halogens is 2. The third-order valence-corrected chi connectivity index (χ3v) is 6.02. The van der Waals surface area contributed by atoms with E-state index in [1.807, 2.05) is 0 Å². The van der Waals surface area contributed by atoms with Crippen LogP contribution in [0.3, 0.4) is 0 Å². The highest BCUT2D eigenvalue weighted by atomic mass is 35.5. The molecule has 0 unspecified atom stereocenters. The Morgan fingerprint density at radius 1 is 1.19 bits per heavy atom. The zero-order chi connectivity index (χ0) is 22.8. The topological polar surface area (TPSA) is 130 Å².